The van der Waals surface area contributed by atoms with Crippen molar-refractivity contribution in [2.24, 2.45) is 0 Å². The molecule has 1 unspecified atom stereocenters. The lowest BCUT2D eigenvalue weighted by Crippen LogP contribution is -2.27. The highest BCUT2D eigenvalue weighted by atomic mass is 16.5. The number of aromatic nitrogens is 4. The molecule has 2 aromatic rings. The summed E-state index contributed by atoms with van der Waals surface area (Å²) in [6.45, 7) is 1.28. The van der Waals surface area contributed by atoms with Crippen LogP contribution in [0.3, 0.4) is 0 Å². The summed E-state index contributed by atoms with van der Waals surface area (Å²) in [4.78, 5) is 1.60. The van der Waals surface area contributed by atoms with Crippen LogP contribution in [0.15, 0.2) is 30.3 Å². The first-order valence-corrected chi connectivity index (χ1v) is 5.83. The highest BCUT2D eigenvalue weighted by Crippen LogP contribution is 2.13. The molecule has 0 amide bonds. The minimum absolute atomic E-state index is 0.0463. The molecule has 0 aliphatic heterocycles. The number of tetrazole rings is 1. The van der Waals surface area contributed by atoms with Crippen molar-refractivity contribution in [1.82, 2.24) is 25.5 Å². The summed E-state index contributed by atoms with van der Waals surface area (Å²) in [5, 5.41) is 15.6. The molecule has 0 aliphatic carbocycles. The fourth-order valence-corrected chi connectivity index (χ4v) is 1.72. The van der Waals surface area contributed by atoms with Crippen molar-refractivity contribution >= 4 is 0 Å². The van der Waals surface area contributed by atoms with Crippen LogP contribution in [0.2, 0.25) is 0 Å². The van der Waals surface area contributed by atoms with Crippen LogP contribution in [0, 0.1) is 0 Å². The van der Waals surface area contributed by atoms with Gasteiger partial charge >= 0.3 is 0 Å². The quantitative estimate of drug-likeness (QED) is 0.816. The highest BCUT2D eigenvalue weighted by Gasteiger charge is 2.14. The standard InChI is InChI=1S/C12H17N5O/c1-13-8-11(9-18-2)17-15-12(14-16-17)10-6-4-3-5-7-10/h3-7,11,13H,8-9H2,1-2H3. The summed E-state index contributed by atoms with van der Waals surface area (Å²) in [5.41, 5.74) is 0.962. The number of nitrogens with zero attached hydrogens (tertiary/aromatic N) is 4. The van der Waals surface area contributed by atoms with Crippen LogP contribution in [-0.2, 0) is 4.74 Å². The van der Waals surface area contributed by atoms with E-state index < -0.39 is 0 Å². The smallest absolute Gasteiger partial charge is 0.204 e. The van der Waals surface area contributed by atoms with Crippen molar-refractivity contribution in [1.29, 1.82) is 0 Å². The van der Waals surface area contributed by atoms with E-state index in [-0.39, 0.29) is 6.04 Å². The van der Waals surface area contributed by atoms with E-state index in [9.17, 15) is 0 Å². The van der Waals surface area contributed by atoms with Gasteiger partial charge in [-0.15, -0.1) is 10.2 Å². The number of hydrogen-bond acceptors (Lipinski definition) is 5. The Kier molecular flexibility index (Phi) is 4.38. The van der Waals surface area contributed by atoms with Crippen LogP contribution in [-0.4, -0.2) is 47.5 Å². The molecule has 0 saturated heterocycles. The topological polar surface area (TPSA) is 64.9 Å². The van der Waals surface area contributed by atoms with E-state index >= 15 is 0 Å². The van der Waals surface area contributed by atoms with E-state index in [1.807, 2.05) is 37.4 Å². The molecule has 96 valence electrons. The minimum Gasteiger partial charge on any atom is -0.382 e. The number of rotatable bonds is 6. The zero-order valence-electron chi connectivity index (χ0n) is 10.6. The van der Waals surface area contributed by atoms with E-state index in [0.717, 1.165) is 12.1 Å². The average Bonchev–Trinajstić information content (AvgIpc) is 2.89. The predicted octanol–water partition coefficient (Wildman–Crippen LogP) is 0.747. The van der Waals surface area contributed by atoms with Crippen LogP contribution in [0.4, 0.5) is 0 Å². The molecule has 6 heteroatoms. The Morgan fingerprint density at radius 2 is 2.11 bits per heavy atom. The van der Waals surface area contributed by atoms with Gasteiger partial charge in [0.05, 0.1) is 6.61 Å². The maximum atomic E-state index is 5.16. The molecule has 18 heavy (non-hydrogen) atoms. The van der Waals surface area contributed by atoms with E-state index in [4.69, 9.17) is 4.74 Å². The van der Waals surface area contributed by atoms with Crippen molar-refractivity contribution in [3.05, 3.63) is 30.3 Å². The van der Waals surface area contributed by atoms with Gasteiger partial charge in [-0.1, -0.05) is 30.3 Å². The van der Waals surface area contributed by atoms with Gasteiger partial charge < -0.3 is 10.1 Å². The van der Waals surface area contributed by atoms with Gasteiger partial charge in [-0.05, 0) is 12.3 Å². The maximum Gasteiger partial charge on any atom is 0.204 e. The Balaban J connectivity index is 2.18. The Morgan fingerprint density at radius 3 is 2.78 bits per heavy atom. The Hall–Kier alpha value is -1.79. The number of ether oxygens (including phenoxy) is 1. The van der Waals surface area contributed by atoms with Crippen LogP contribution in [0.1, 0.15) is 6.04 Å². The lowest BCUT2D eigenvalue weighted by atomic mass is 10.2. The van der Waals surface area contributed by atoms with Crippen LogP contribution >= 0.6 is 0 Å². The van der Waals surface area contributed by atoms with Gasteiger partial charge in [-0.25, -0.2) is 0 Å². The Morgan fingerprint density at radius 1 is 1.33 bits per heavy atom. The monoisotopic (exact) mass is 247 g/mol. The third kappa shape index (κ3) is 2.91. The van der Waals surface area contributed by atoms with Gasteiger partial charge in [-0.2, -0.15) is 4.80 Å². The summed E-state index contributed by atoms with van der Waals surface area (Å²) in [7, 11) is 3.55. The lowest BCUT2D eigenvalue weighted by molar-refractivity contribution is 0.141. The highest BCUT2D eigenvalue weighted by molar-refractivity contribution is 5.52. The lowest BCUT2D eigenvalue weighted by Gasteiger charge is -2.13. The average molecular weight is 247 g/mol. The summed E-state index contributed by atoms with van der Waals surface area (Å²) < 4.78 is 5.16. The molecule has 6 nitrogen and oxygen atoms in total. The van der Waals surface area contributed by atoms with Crippen molar-refractivity contribution in [3.63, 3.8) is 0 Å². The fraction of sp³-hybridized carbons (Fsp3) is 0.417. The minimum atomic E-state index is 0.0463. The molecule has 0 saturated carbocycles. The number of benzene rings is 1. The number of nitrogens with one attached hydrogen (secondary N) is 1. The van der Waals surface area contributed by atoms with E-state index in [1.54, 1.807) is 11.9 Å². The zero-order valence-corrected chi connectivity index (χ0v) is 10.6. The molecular formula is C12H17N5O. The molecule has 1 aromatic heterocycles. The second-order valence-corrected chi connectivity index (χ2v) is 3.97. The van der Waals surface area contributed by atoms with E-state index in [0.29, 0.717) is 12.4 Å². The first-order valence-electron chi connectivity index (χ1n) is 5.83. The van der Waals surface area contributed by atoms with Gasteiger partial charge in [-0.3, -0.25) is 0 Å². The summed E-state index contributed by atoms with van der Waals surface area (Å²) in [6, 6.07) is 9.84. The molecule has 1 atom stereocenters. The third-order valence-corrected chi connectivity index (χ3v) is 2.59. The van der Waals surface area contributed by atoms with Crippen molar-refractivity contribution in [2.45, 2.75) is 6.04 Å². The second-order valence-electron chi connectivity index (χ2n) is 3.97. The van der Waals surface area contributed by atoms with E-state index in [1.165, 1.54) is 0 Å². The summed E-state index contributed by atoms with van der Waals surface area (Å²) in [5.74, 6) is 0.632. The fourth-order valence-electron chi connectivity index (χ4n) is 1.72. The van der Waals surface area contributed by atoms with Crippen LogP contribution in [0.25, 0.3) is 11.4 Å². The molecular weight excluding hydrogens is 230 g/mol. The first-order chi connectivity index (χ1) is 8.85. The van der Waals surface area contributed by atoms with Gasteiger partial charge in [0.1, 0.15) is 6.04 Å². The largest absolute Gasteiger partial charge is 0.382 e. The molecule has 1 heterocycles. The van der Waals surface area contributed by atoms with Crippen LogP contribution < -0.4 is 5.32 Å². The van der Waals surface area contributed by atoms with Gasteiger partial charge in [0.15, 0.2) is 0 Å². The second kappa shape index (κ2) is 6.23. The van der Waals surface area contributed by atoms with Crippen molar-refractivity contribution < 1.29 is 4.74 Å². The molecule has 2 rings (SSSR count). The van der Waals surface area contributed by atoms with Crippen molar-refractivity contribution in [2.75, 3.05) is 27.3 Å². The van der Waals surface area contributed by atoms with Gasteiger partial charge in [0.25, 0.3) is 0 Å². The predicted molar refractivity (Wildman–Crippen MR) is 68.1 cm³/mol. The van der Waals surface area contributed by atoms with Crippen molar-refractivity contribution in [3.8, 4) is 11.4 Å². The number of methoxy groups -OCH3 is 1. The zero-order chi connectivity index (χ0) is 12.8. The van der Waals surface area contributed by atoms with Gasteiger partial charge in [0.2, 0.25) is 5.82 Å². The first kappa shape index (κ1) is 12.7. The number of hydrogen-bond donors (Lipinski definition) is 1. The molecule has 0 radical (unpaired) electrons. The molecule has 0 fully saturated rings. The normalized spacial score (nSPS) is 12.6. The molecule has 0 spiro atoms. The van der Waals surface area contributed by atoms with Gasteiger partial charge in [0, 0.05) is 19.2 Å². The van der Waals surface area contributed by atoms with E-state index in [2.05, 4.69) is 20.7 Å². The molecule has 0 bridgehead atoms. The molecule has 1 aromatic carbocycles. The maximum absolute atomic E-state index is 5.16. The Bertz CT molecular complexity index is 464. The third-order valence-electron chi connectivity index (χ3n) is 2.59. The summed E-state index contributed by atoms with van der Waals surface area (Å²) >= 11 is 0. The SMILES string of the molecule is CNCC(COC)n1nnc(-c2ccccc2)n1. The van der Waals surface area contributed by atoms with Crippen LogP contribution in [0.5, 0.6) is 0 Å². The molecule has 0 aliphatic rings. The molecule has 1 N–H and O–H groups in total. The number of likely N-dealkylation sites (N-methyl/N-ethyl adjacent to an activating group) is 1. The Labute approximate surface area is 106 Å². The summed E-state index contributed by atoms with van der Waals surface area (Å²) in [6.07, 6.45) is 0.